The summed E-state index contributed by atoms with van der Waals surface area (Å²) in [5.74, 6) is 0.540. The highest BCUT2D eigenvalue weighted by atomic mass is 19.1. The lowest BCUT2D eigenvalue weighted by atomic mass is 9.90. The zero-order valence-electron chi connectivity index (χ0n) is 10.2. The molecule has 2 rings (SSSR count). The molecule has 1 heterocycles. The summed E-state index contributed by atoms with van der Waals surface area (Å²) >= 11 is 0. The third-order valence-corrected chi connectivity index (χ3v) is 3.53. The predicted octanol–water partition coefficient (Wildman–Crippen LogP) is 2.63. The Balaban J connectivity index is 1.90. The molecule has 1 amide bonds. The SMILES string of the molecule is CC(=O)N1CCC(Cc2ccccc2F)CC1. The van der Waals surface area contributed by atoms with E-state index in [1.165, 1.54) is 6.07 Å². The standard InChI is InChI=1S/C14H18FNO/c1-11(17)16-8-6-12(7-9-16)10-13-4-2-3-5-14(13)15/h2-5,12H,6-10H2,1H3. The van der Waals surface area contributed by atoms with Gasteiger partial charge >= 0.3 is 0 Å². The number of benzene rings is 1. The van der Waals surface area contributed by atoms with E-state index in [0.29, 0.717) is 5.92 Å². The molecular weight excluding hydrogens is 217 g/mol. The monoisotopic (exact) mass is 235 g/mol. The van der Waals surface area contributed by atoms with E-state index >= 15 is 0 Å². The summed E-state index contributed by atoms with van der Waals surface area (Å²) < 4.78 is 13.5. The second kappa shape index (κ2) is 5.30. The Morgan fingerprint density at radius 1 is 1.35 bits per heavy atom. The van der Waals surface area contributed by atoms with Crippen LogP contribution in [0, 0.1) is 11.7 Å². The minimum atomic E-state index is -0.110. The van der Waals surface area contributed by atoms with Gasteiger partial charge in [-0.25, -0.2) is 4.39 Å². The summed E-state index contributed by atoms with van der Waals surface area (Å²) in [6.07, 6.45) is 2.75. The van der Waals surface area contributed by atoms with Gasteiger partial charge in [0.2, 0.25) is 5.91 Å². The normalized spacial score (nSPS) is 17.2. The molecule has 1 aromatic carbocycles. The van der Waals surface area contributed by atoms with Gasteiger partial charge < -0.3 is 4.90 Å². The molecule has 0 unspecified atom stereocenters. The van der Waals surface area contributed by atoms with Crippen LogP contribution in [0.5, 0.6) is 0 Å². The molecular formula is C14H18FNO. The number of carbonyl (C=O) groups excluding carboxylic acids is 1. The fourth-order valence-electron chi connectivity index (χ4n) is 2.43. The Morgan fingerprint density at radius 2 is 2.00 bits per heavy atom. The fourth-order valence-corrected chi connectivity index (χ4v) is 2.43. The first kappa shape index (κ1) is 12.1. The van der Waals surface area contributed by atoms with E-state index in [1.807, 2.05) is 17.0 Å². The Morgan fingerprint density at radius 3 is 2.59 bits per heavy atom. The maximum atomic E-state index is 13.5. The first-order chi connectivity index (χ1) is 8.16. The molecule has 1 fully saturated rings. The Bertz CT molecular complexity index is 397. The van der Waals surface area contributed by atoms with Gasteiger partial charge in [-0.1, -0.05) is 18.2 Å². The molecule has 17 heavy (non-hydrogen) atoms. The Hall–Kier alpha value is -1.38. The molecule has 3 heteroatoms. The highest BCUT2D eigenvalue weighted by Gasteiger charge is 2.21. The average molecular weight is 235 g/mol. The molecule has 1 saturated heterocycles. The van der Waals surface area contributed by atoms with Gasteiger partial charge in [0.1, 0.15) is 5.82 Å². The van der Waals surface area contributed by atoms with Crippen LogP contribution >= 0.6 is 0 Å². The predicted molar refractivity (Wildman–Crippen MR) is 65.1 cm³/mol. The van der Waals surface area contributed by atoms with E-state index in [1.54, 1.807) is 13.0 Å². The van der Waals surface area contributed by atoms with Gasteiger partial charge in [-0.05, 0) is 36.8 Å². The lowest BCUT2D eigenvalue weighted by Gasteiger charge is -2.31. The molecule has 0 N–H and O–H groups in total. The van der Waals surface area contributed by atoms with Gasteiger partial charge in [0.05, 0.1) is 0 Å². The number of amides is 1. The molecule has 0 aromatic heterocycles. The minimum Gasteiger partial charge on any atom is -0.343 e. The number of hydrogen-bond donors (Lipinski definition) is 0. The van der Waals surface area contributed by atoms with Gasteiger partial charge in [-0.15, -0.1) is 0 Å². The number of rotatable bonds is 2. The van der Waals surface area contributed by atoms with Crippen LogP contribution in [0.4, 0.5) is 4.39 Å². The summed E-state index contributed by atoms with van der Waals surface area (Å²) in [6, 6.07) is 6.97. The second-order valence-electron chi connectivity index (χ2n) is 4.74. The van der Waals surface area contributed by atoms with Crippen molar-refractivity contribution in [2.24, 2.45) is 5.92 Å². The fraction of sp³-hybridized carbons (Fsp3) is 0.500. The van der Waals surface area contributed by atoms with Gasteiger partial charge in [-0.3, -0.25) is 4.79 Å². The van der Waals surface area contributed by atoms with Crippen molar-refractivity contribution in [3.8, 4) is 0 Å². The van der Waals surface area contributed by atoms with Crippen LogP contribution in [-0.4, -0.2) is 23.9 Å². The van der Waals surface area contributed by atoms with Crippen LogP contribution in [0.2, 0.25) is 0 Å². The number of piperidine rings is 1. The first-order valence-corrected chi connectivity index (χ1v) is 6.15. The first-order valence-electron chi connectivity index (χ1n) is 6.15. The van der Waals surface area contributed by atoms with Crippen molar-refractivity contribution in [3.63, 3.8) is 0 Å². The minimum absolute atomic E-state index is 0.110. The van der Waals surface area contributed by atoms with Crippen molar-refractivity contribution in [2.45, 2.75) is 26.2 Å². The van der Waals surface area contributed by atoms with Crippen molar-refractivity contribution in [1.29, 1.82) is 0 Å². The van der Waals surface area contributed by atoms with E-state index < -0.39 is 0 Å². The van der Waals surface area contributed by atoms with Crippen molar-refractivity contribution < 1.29 is 9.18 Å². The van der Waals surface area contributed by atoms with E-state index in [0.717, 1.165) is 37.9 Å². The van der Waals surface area contributed by atoms with Gasteiger partial charge in [0, 0.05) is 20.0 Å². The van der Waals surface area contributed by atoms with Crippen molar-refractivity contribution in [3.05, 3.63) is 35.6 Å². The highest BCUT2D eigenvalue weighted by molar-refractivity contribution is 5.73. The zero-order chi connectivity index (χ0) is 12.3. The van der Waals surface area contributed by atoms with E-state index in [9.17, 15) is 9.18 Å². The number of carbonyl (C=O) groups is 1. The molecule has 0 spiro atoms. The lowest BCUT2D eigenvalue weighted by Crippen LogP contribution is -2.37. The molecule has 0 aliphatic carbocycles. The molecule has 92 valence electrons. The molecule has 0 saturated carbocycles. The zero-order valence-corrected chi connectivity index (χ0v) is 10.2. The molecule has 0 atom stereocenters. The maximum Gasteiger partial charge on any atom is 0.219 e. The maximum absolute atomic E-state index is 13.5. The van der Waals surface area contributed by atoms with Crippen LogP contribution in [0.25, 0.3) is 0 Å². The molecule has 0 radical (unpaired) electrons. The van der Waals surface area contributed by atoms with Crippen molar-refractivity contribution >= 4 is 5.91 Å². The number of hydrogen-bond acceptors (Lipinski definition) is 1. The molecule has 1 aliphatic rings. The Kier molecular flexibility index (Phi) is 3.77. The molecule has 1 aliphatic heterocycles. The van der Waals surface area contributed by atoms with Crippen LogP contribution in [-0.2, 0) is 11.2 Å². The van der Waals surface area contributed by atoms with Crippen molar-refractivity contribution in [1.82, 2.24) is 4.90 Å². The van der Waals surface area contributed by atoms with Gasteiger partial charge in [-0.2, -0.15) is 0 Å². The number of halogens is 1. The molecule has 1 aromatic rings. The number of nitrogens with zero attached hydrogens (tertiary/aromatic N) is 1. The Labute approximate surface area is 101 Å². The van der Waals surface area contributed by atoms with Gasteiger partial charge in [0.25, 0.3) is 0 Å². The average Bonchev–Trinajstić information content (AvgIpc) is 2.33. The summed E-state index contributed by atoms with van der Waals surface area (Å²) in [5.41, 5.74) is 0.800. The second-order valence-corrected chi connectivity index (χ2v) is 4.74. The number of likely N-dealkylation sites (tertiary alicyclic amines) is 1. The van der Waals surface area contributed by atoms with Crippen LogP contribution < -0.4 is 0 Å². The van der Waals surface area contributed by atoms with Crippen LogP contribution in [0.3, 0.4) is 0 Å². The largest absolute Gasteiger partial charge is 0.343 e. The van der Waals surface area contributed by atoms with E-state index in [-0.39, 0.29) is 11.7 Å². The highest BCUT2D eigenvalue weighted by Crippen LogP contribution is 2.22. The smallest absolute Gasteiger partial charge is 0.219 e. The lowest BCUT2D eigenvalue weighted by molar-refractivity contribution is -0.130. The summed E-state index contributed by atoms with van der Waals surface area (Å²) in [5, 5.41) is 0. The van der Waals surface area contributed by atoms with Crippen molar-refractivity contribution in [2.75, 3.05) is 13.1 Å². The summed E-state index contributed by atoms with van der Waals surface area (Å²) in [4.78, 5) is 13.1. The molecule has 0 bridgehead atoms. The summed E-state index contributed by atoms with van der Waals surface area (Å²) in [6.45, 7) is 3.24. The molecule has 2 nitrogen and oxygen atoms in total. The van der Waals surface area contributed by atoms with Crippen LogP contribution in [0.15, 0.2) is 24.3 Å². The summed E-state index contributed by atoms with van der Waals surface area (Å²) in [7, 11) is 0. The quantitative estimate of drug-likeness (QED) is 0.771. The van der Waals surface area contributed by atoms with Gasteiger partial charge in [0.15, 0.2) is 0 Å². The van der Waals surface area contributed by atoms with Crippen LogP contribution in [0.1, 0.15) is 25.3 Å². The topological polar surface area (TPSA) is 20.3 Å². The third-order valence-electron chi connectivity index (χ3n) is 3.53. The third kappa shape index (κ3) is 3.05. The van der Waals surface area contributed by atoms with E-state index in [2.05, 4.69) is 0 Å². The van der Waals surface area contributed by atoms with E-state index in [4.69, 9.17) is 0 Å².